The van der Waals surface area contributed by atoms with E-state index in [0.717, 1.165) is 18.6 Å². The number of carbonyl (C=O) groups excluding carboxylic acids is 2. The molecule has 1 aliphatic rings. The highest BCUT2D eigenvalue weighted by atomic mass is 32.2. The van der Waals surface area contributed by atoms with E-state index in [1.54, 1.807) is 29.7 Å². The molecule has 2 aromatic rings. The Hall–Kier alpha value is -2.73. The Kier molecular flexibility index (Phi) is 6.93. The second-order valence-corrected chi connectivity index (χ2v) is 7.02. The molecule has 140 valence electrons. The standard InChI is InChI=1S/C21H22N2O3S/c24-20(22-12-6-9-16-7-2-1-3-8-16)17-10-4-5-11-18(17)23-21(25)19-15-27-14-13-26-19/h1-5,7-8,10-11,15H,6,9,12-14H2,(H,22,24)(H,23,25). The van der Waals surface area contributed by atoms with Gasteiger partial charge in [0.2, 0.25) is 0 Å². The van der Waals surface area contributed by atoms with Crippen LogP contribution >= 0.6 is 11.8 Å². The molecule has 0 unspecified atom stereocenters. The number of aryl methyl sites for hydroxylation is 1. The quantitative estimate of drug-likeness (QED) is 0.718. The maximum absolute atomic E-state index is 12.5. The second-order valence-electron chi connectivity index (χ2n) is 6.05. The van der Waals surface area contributed by atoms with Gasteiger partial charge in [0.25, 0.3) is 11.8 Å². The number of thioether (sulfide) groups is 1. The number of hydrogen-bond acceptors (Lipinski definition) is 4. The zero-order valence-corrected chi connectivity index (χ0v) is 15.8. The summed E-state index contributed by atoms with van der Waals surface area (Å²) in [6, 6.07) is 17.1. The number of carbonyl (C=O) groups is 2. The number of para-hydroxylation sites is 1. The van der Waals surface area contributed by atoms with Crippen molar-refractivity contribution in [2.24, 2.45) is 0 Å². The van der Waals surface area contributed by atoms with Gasteiger partial charge in [-0.3, -0.25) is 9.59 Å². The molecule has 0 bridgehead atoms. The lowest BCUT2D eigenvalue weighted by Gasteiger charge is -2.15. The molecule has 6 heteroatoms. The van der Waals surface area contributed by atoms with E-state index in [9.17, 15) is 9.59 Å². The predicted octanol–water partition coefficient (Wildman–Crippen LogP) is 3.59. The number of nitrogens with one attached hydrogen (secondary N) is 2. The summed E-state index contributed by atoms with van der Waals surface area (Å²) in [5.41, 5.74) is 2.16. The average Bonchev–Trinajstić information content (AvgIpc) is 2.73. The van der Waals surface area contributed by atoms with Crippen molar-refractivity contribution in [1.29, 1.82) is 0 Å². The third-order valence-corrected chi connectivity index (χ3v) is 4.85. The first-order valence-electron chi connectivity index (χ1n) is 8.91. The first-order chi connectivity index (χ1) is 13.2. The molecule has 27 heavy (non-hydrogen) atoms. The van der Waals surface area contributed by atoms with Gasteiger partial charge in [-0.05, 0) is 30.5 Å². The molecule has 0 atom stereocenters. The van der Waals surface area contributed by atoms with Gasteiger partial charge in [-0.25, -0.2) is 0 Å². The Bertz CT molecular complexity index is 821. The van der Waals surface area contributed by atoms with Gasteiger partial charge in [0.05, 0.1) is 17.9 Å². The number of rotatable bonds is 7. The van der Waals surface area contributed by atoms with E-state index < -0.39 is 0 Å². The maximum atomic E-state index is 12.5. The summed E-state index contributed by atoms with van der Waals surface area (Å²) in [6.07, 6.45) is 1.75. The smallest absolute Gasteiger partial charge is 0.291 e. The highest BCUT2D eigenvalue weighted by Gasteiger charge is 2.17. The lowest BCUT2D eigenvalue weighted by Crippen LogP contribution is -2.27. The van der Waals surface area contributed by atoms with Gasteiger partial charge < -0.3 is 15.4 Å². The summed E-state index contributed by atoms with van der Waals surface area (Å²) in [6.45, 7) is 1.08. The van der Waals surface area contributed by atoms with Crippen molar-refractivity contribution in [1.82, 2.24) is 5.32 Å². The molecule has 2 amide bonds. The third kappa shape index (κ3) is 5.62. The van der Waals surface area contributed by atoms with Crippen molar-refractivity contribution in [2.45, 2.75) is 12.8 Å². The molecular formula is C21H22N2O3S. The average molecular weight is 382 g/mol. The monoisotopic (exact) mass is 382 g/mol. The van der Waals surface area contributed by atoms with E-state index in [-0.39, 0.29) is 17.6 Å². The molecule has 2 N–H and O–H groups in total. The van der Waals surface area contributed by atoms with Crippen LogP contribution in [0, 0.1) is 0 Å². The van der Waals surface area contributed by atoms with Crippen LogP contribution in [0.15, 0.2) is 65.8 Å². The van der Waals surface area contributed by atoms with Gasteiger partial charge in [-0.15, -0.1) is 11.8 Å². The van der Waals surface area contributed by atoms with Crippen LogP contribution in [-0.2, 0) is 16.0 Å². The molecule has 0 aromatic heterocycles. The lowest BCUT2D eigenvalue weighted by molar-refractivity contribution is -0.116. The van der Waals surface area contributed by atoms with E-state index in [1.165, 1.54) is 17.3 Å². The van der Waals surface area contributed by atoms with Crippen molar-refractivity contribution in [3.8, 4) is 0 Å². The Morgan fingerprint density at radius 1 is 1.00 bits per heavy atom. The van der Waals surface area contributed by atoms with Gasteiger partial charge in [0.15, 0.2) is 5.76 Å². The van der Waals surface area contributed by atoms with Crippen LogP contribution in [0.3, 0.4) is 0 Å². The van der Waals surface area contributed by atoms with Crippen LogP contribution in [0.5, 0.6) is 0 Å². The van der Waals surface area contributed by atoms with Crippen molar-refractivity contribution < 1.29 is 14.3 Å². The Morgan fingerprint density at radius 2 is 1.78 bits per heavy atom. The fourth-order valence-corrected chi connectivity index (χ4v) is 3.32. The lowest BCUT2D eigenvalue weighted by atomic mass is 10.1. The molecule has 1 aliphatic heterocycles. The van der Waals surface area contributed by atoms with Crippen LogP contribution in [0.1, 0.15) is 22.3 Å². The molecule has 3 rings (SSSR count). The Labute approximate surface area is 163 Å². The molecule has 0 fully saturated rings. The molecule has 1 heterocycles. The van der Waals surface area contributed by atoms with E-state index in [2.05, 4.69) is 22.8 Å². The van der Waals surface area contributed by atoms with Crippen LogP contribution < -0.4 is 10.6 Å². The number of hydrogen-bond donors (Lipinski definition) is 2. The fraction of sp³-hybridized carbons (Fsp3) is 0.238. The maximum Gasteiger partial charge on any atom is 0.291 e. The third-order valence-electron chi connectivity index (χ3n) is 4.06. The van der Waals surface area contributed by atoms with E-state index in [0.29, 0.717) is 24.4 Å². The minimum absolute atomic E-state index is 0.202. The van der Waals surface area contributed by atoms with Gasteiger partial charge >= 0.3 is 0 Å². The number of anilines is 1. The number of ether oxygens (including phenoxy) is 1. The summed E-state index contributed by atoms with van der Waals surface area (Å²) >= 11 is 1.54. The molecule has 2 aromatic carbocycles. The van der Waals surface area contributed by atoms with E-state index in [4.69, 9.17) is 4.74 Å². The summed E-state index contributed by atoms with van der Waals surface area (Å²) in [7, 11) is 0. The zero-order valence-electron chi connectivity index (χ0n) is 14.9. The van der Waals surface area contributed by atoms with Crippen LogP contribution in [-0.4, -0.2) is 30.7 Å². The minimum atomic E-state index is -0.341. The highest BCUT2D eigenvalue weighted by molar-refractivity contribution is 8.02. The van der Waals surface area contributed by atoms with Crippen molar-refractivity contribution in [3.05, 3.63) is 76.9 Å². The summed E-state index contributed by atoms with van der Waals surface area (Å²) in [4.78, 5) is 24.8. The van der Waals surface area contributed by atoms with Crippen LogP contribution in [0.4, 0.5) is 5.69 Å². The molecular weight excluding hydrogens is 360 g/mol. The Balaban J connectivity index is 1.55. The largest absolute Gasteiger partial charge is 0.487 e. The van der Waals surface area contributed by atoms with Crippen molar-refractivity contribution in [3.63, 3.8) is 0 Å². The number of benzene rings is 2. The number of amides is 2. The van der Waals surface area contributed by atoms with Crippen LogP contribution in [0.2, 0.25) is 0 Å². The van der Waals surface area contributed by atoms with E-state index >= 15 is 0 Å². The first kappa shape index (κ1) is 19.0. The zero-order chi connectivity index (χ0) is 18.9. The summed E-state index contributed by atoms with van der Waals surface area (Å²) in [5, 5.41) is 7.39. The van der Waals surface area contributed by atoms with Crippen molar-refractivity contribution >= 4 is 29.3 Å². The van der Waals surface area contributed by atoms with Gasteiger partial charge in [0, 0.05) is 17.7 Å². The SMILES string of the molecule is O=C(Nc1ccccc1C(=O)NCCCc1ccccc1)C1=CSCCO1. The minimum Gasteiger partial charge on any atom is -0.487 e. The second kappa shape index (κ2) is 9.83. The van der Waals surface area contributed by atoms with Crippen molar-refractivity contribution in [2.75, 3.05) is 24.2 Å². The molecule has 5 nitrogen and oxygen atoms in total. The molecule has 0 radical (unpaired) electrons. The molecule has 0 saturated heterocycles. The molecule has 0 aliphatic carbocycles. The first-order valence-corrected chi connectivity index (χ1v) is 9.96. The topological polar surface area (TPSA) is 67.4 Å². The fourth-order valence-electron chi connectivity index (χ4n) is 2.70. The van der Waals surface area contributed by atoms with Gasteiger partial charge in [0.1, 0.15) is 0 Å². The van der Waals surface area contributed by atoms with Gasteiger partial charge in [-0.1, -0.05) is 42.5 Å². The summed E-state index contributed by atoms with van der Waals surface area (Å²) < 4.78 is 5.36. The van der Waals surface area contributed by atoms with Crippen LogP contribution in [0.25, 0.3) is 0 Å². The predicted molar refractivity (Wildman–Crippen MR) is 109 cm³/mol. The molecule has 0 spiro atoms. The normalized spacial score (nSPS) is 13.3. The molecule has 0 saturated carbocycles. The Morgan fingerprint density at radius 3 is 2.56 bits per heavy atom. The highest BCUT2D eigenvalue weighted by Crippen LogP contribution is 2.19. The van der Waals surface area contributed by atoms with E-state index in [1.807, 2.05) is 18.2 Å². The van der Waals surface area contributed by atoms with Gasteiger partial charge in [-0.2, -0.15) is 0 Å². The summed E-state index contributed by atoms with van der Waals surface area (Å²) in [5.74, 6) is 0.571.